The summed E-state index contributed by atoms with van der Waals surface area (Å²) in [6.07, 6.45) is 0.914. The van der Waals surface area contributed by atoms with Crippen LogP contribution in [0.5, 0.6) is 0 Å². The molecule has 0 aromatic rings. The molecule has 0 atom stereocenters. The number of hydrogen-bond donors (Lipinski definition) is 1. The van der Waals surface area contributed by atoms with E-state index in [4.69, 9.17) is 5.73 Å². The van der Waals surface area contributed by atoms with E-state index >= 15 is 0 Å². The van der Waals surface area contributed by atoms with Crippen molar-refractivity contribution in [3.05, 3.63) is 0 Å². The summed E-state index contributed by atoms with van der Waals surface area (Å²) in [4.78, 5) is 23.0. The molecule has 0 radical (unpaired) electrons. The molecule has 0 rings (SSSR count). The van der Waals surface area contributed by atoms with E-state index in [1.165, 1.54) is 0 Å². The molecule has 0 aromatic carbocycles. The molecule has 0 saturated heterocycles. The van der Waals surface area contributed by atoms with Crippen LogP contribution in [0, 0.1) is 0 Å². The van der Waals surface area contributed by atoms with Crippen LogP contribution in [0.25, 0.3) is 0 Å². The van der Waals surface area contributed by atoms with Gasteiger partial charge < -0.3 is 10.6 Å². The SMILES string of the molecule is CN(C)C(=O)CCSCCC(N)=O. The van der Waals surface area contributed by atoms with Crippen LogP contribution >= 0.6 is 11.8 Å². The van der Waals surface area contributed by atoms with Gasteiger partial charge in [0.05, 0.1) is 0 Å². The molecule has 2 amide bonds. The Bertz CT molecular complexity index is 183. The minimum Gasteiger partial charge on any atom is -0.370 e. The number of nitrogens with two attached hydrogens (primary N) is 1. The van der Waals surface area contributed by atoms with Gasteiger partial charge in [0.2, 0.25) is 11.8 Å². The highest BCUT2D eigenvalue weighted by Crippen LogP contribution is 2.04. The molecule has 2 N–H and O–H groups in total. The minimum atomic E-state index is -0.286. The van der Waals surface area contributed by atoms with Crippen LogP contribution in [-0.4, -0.2) is 42.3 Å². The fourth-order valence-electron chi connectivity index (χ4n) is 0.658. The molecule has 0 heterocycles. The van der Waals surface area contributed by atoms with Crippen LogP contribution in [0.4, 0.5) is 0 Å². The van der Waals surface area contributed by atoms with Crippen molar-refractivity contribution in [3.63, 3.8) is 0 Å². The Morgan fingerprint density at radius 1 is 1.23 bits per heavy atom. The van der Waals surface area contributed by atoms with Gasteiger partial charge in [-0.2, -0.15) is 11.8 Å². The molecule has 0 bridgehead atoms. The van der Waals surface area contributed by atoms with Crippen molar-refractivity contribution in [2.75, 3.05) is 25.6 Å². The lowest BCUT2D eigenvalue weighted by molar-refractivity contribution is -0.128. The monoisotopic (exact) mass is 204 g/mol. The molecular formula is C8H16N2O2S. The average Bonchev–Trinajstić information content (AvgIpc) is 2.02. The van der Waals surface area contributed by atoms with Gasteiger partial charge >= 0.3 is 0 Å². The minimum absolute atomic E-state index is 0.117. The van der Waals surface area contributed by atoms with E-state index in [1.54, 1.807) is 30.8 Å². The van der Waals surface area contributed by atoms with E-state index < -0.39 is 0 Å². The summed E-state index contributed by atoms with van der Waals surface area (Å²) < 4.78 is 0. The summed E-state index contributed by atoms with van der Waals surface area (Å²) in [5.74, 6) is 1.29. The molecular weight excluding hydrogens is 188 g/mol. The molecule has 5 heteroatoms. The van der Waals surface area contributed by atoms with Gasteiger partial charge in [-0.05, 0) is 0 Å². The maximum absolute atomic E-state index is 11.1. The van der Waals surface area contributed by atoms with Gasteiger partial charge in [-0.1, -0.05) is 0 Å². The summed E-state index contributed by atoms with van der Waals surface area (Å²) >= 11 is 1.58. The third-order valence-electron chi connectivity index (χ3n) is 1.45. The van der Waals surface area contributed by atoms with Crippen LogP contribution in [0.15, 0.2) is 0 Å². The number of primary amides is 1. The maximum Gasteiger partial charge on any atom is 0.222 e. The lowest BCUT2D eigenvalue weighted by atomic mass is 10.4. The molecule has 76 valence electrons. The third-order valence-corrected chi connectivity index (χ3v) is 2.44. The molecule has 4 nitrogen and oxygen atoms in total. The Balaban J connectivity index is 3.26. The number of nitrogens with zero attached hydrogens (tertiary/aromatic N) is 1. The number of thioether (sulfide) groups is 1. The van der Waals surface area contributed by atoms with Crippen LogP contribution < -0.4 is 5.73 Å². The topological polar surface area (TPSA) is 63.4 Å². The van der Waals surface area contributed by atoms with E-state index in [0.717, 1.165) is 5.75 Å². The van der Waals surface area contributed by atoms with Gasteiger partial charge in [0.25, 0.3) is 0 Å². The predicted octanol–water partition coefficient (Wildman–Crippen LogP) is 0.0733. The van der Waals surface area contributed by atoms with Gasteiger partial charge in [-0.3, -0.25) is 9.59 Å². The summed E-state index contributed by atoms with van der Waals surface area (Å²) in [5, 5.41) is 0. The zero-order valence-electron chi connectivity index (χ0n) is 8.08. The molecule has 0 aliphatic rings. The molecule has 0 fully saturated rings. The van der Waals surface area contributed by atoms with Gasteiger partial charge in [-0.15, -0.1) is 0 Å². The molecule has 0 spiro atoms. The smallest absolute Gasteiger partial charge is 0.222 e. The summed E-state index contributed by atoms with van der Waals surface area (Å²) in [6, 6.07) is 0. The van der Waals surface area contributed by atoms with E-state index in [0.29, 0.717) is 18.6 Å². The quantitative estimate of drug-likeness (QED) is 0.623. The van der Waals surface area contributed by atoms with E-state index in [-0.39, 0.29) is 11.8 Å². The van der Waals surface area contributed by atoms with Gasteiger partial charge in [-0.25, -0.2) is 0 Å². The number of carbonyl (C=O) groups excluding carboxylic acids is 2. The standard InChI is InChI=1S/C8H16N2O2S/c1-10(2)8(12)4-6-13-5-3-7(9)11/h3-6H2,1-2H3,(H2,9,11). The second-order valence-electron chi connectivity index (χ2n) is 2.87. The number of rotatable bonds is 6. The summed E-state index contributed by atoms with van der Waals surface area (Å²) in [6.45, 7) is 0. The molecule has 0 saturated carbocycles. The average molecular weight is 204 g/mol. The Morgan fingerprint density at radius 3 is 2.23 bits per heavy atom. The molecule has 0 aliphatic heterocycles. The third kappa shape index (κ3) is 7.64. The van der Waals surface area contributed by atoms with Crippen molar-refractivity contribution in [3.8, 4) is 0 Å². The summed E-state index contributed by atoms with van der Waals surface area (Å²) in [5.41, 5.74) is 4.96. The van der Waals surface area contributed by atoms with E-state index in [2.05, 4.69) is 0 Å². The van der Waals surface area contributed by atoms with Crippen molar-refractivity contribution in [2.24, 2.45) is 5.73 Å². The predicted molar refractivity (Wildman–Crippen MR) is 54.4 cm³/mol. The number of hydrogen-bond acceptors (Lipinski definition) is 3. The van der Waals surface area contributed by atoms with Crippen LogP contribution in [0.2, 0.25) is 0 Å². The molecule has 13 heavy (non-hydrogen) atoms. The van der Waals surface area contributed by atoms with E-state index in [1.807, 2.05) is 0 Å². The normalized spacial score (nSPS) is 9.69. The van der Waals surface area contributed by atoms with Crippen molar-refractivity contribution in [2.45, 2.75) is 12.8 Å². The van der Waals surface area contributed by atoms with Crippen molar-refractivity contribution in [1.29, 1.82) is 0 Å². The highest BCUT2D eigenvalue weighted by atomic mass is 32.2. The molecule has 0 unspecified atom stereocenters. The van der Waals surface area contributed by atoms with Crippen LogP contribution in [0.1, 0.15) is 12.8 Å². The lowest BCUT2D eigenvalue weighted by Crippen LogP contribution is -2.21. The number of amides is 2. The summed E-state index contributed by atoms with van der Waals surface area (Å²) in [7, 11) is 3.47. The number of carbonyl (C=O) groups is 2. The lowest BCUT2D eigenvalue weighted by Gasteiger charge is -2.08. The van der Waals surface area contributed by atoms with Gasteiger partial charge in [0.1, 0.15) is 0 Å². The van der Waals surface area contributed by atoms with Crippen LogP contribution in [-0.2, 0) is 9.59 Å². The highest BCUT2D eigenvalue weighted by molar-refractivity contribution is 7.99. The molecule has 0 aliphatic carbocycles. The van der Waals surface area contributed by atoms with E-state index in [9.17, 15) is 9.59 Å². The van der Waals surface area contributed by atoms with Crippen LogP contribution in [0.3, 0.4) is 0 Å². The second kappa shape index (κ2) is 6.77. The largest absolute Gasteiger partial charge is 0.370 e. The Kier molecular flexibility index (Phi) is 6.40. The van der Waals surface area contributed by atoms with Gasteiger partial charge in [0, 0.05) is 38.4 Å². The van der Waals surface area contributed by atoms with Crippen molar-refractivity contribution in [1.82, 2.24) is 4.90 Å². The fourth-order valence-corrected chi connectivity index (χ4v) is 1.53. The van der Waals surface area contributed by atoms with Gasteiger partial charge in [0.15, 0.2) is 0 Å². The first-order valence-electron chi connectivity index (χ1n) is 4.10. The molecule has 0 aromatic heterocycles. The van der Waals surface area contributed by atoms with Crippen molar-refractivity contribution < 1.29 is 9.59 Å². The first-order valence-corrected chi connectivity index (χ1v) is 5.25. The van der Waals surface area contributed by atoms with Crippen molar-refractivity contribution >= 4 is 23.6 Å². The highest BCUT2D eigenvalue weighted by Gasteiger charge is 2.03. The first-order chi connectivity index (χ1) is 6.04. The fraction of sp³-hybridized carbons (Fsp3) is 0.750. The Labute approximate surface area is 82.8 Å². The zero-order chi connectivity index (χ0) is 10.3. The first kappa shape index (κ1) is 12.3. The zero-order valence-corrected chi connectivity index (χ0v) is 8.89. The maximum atomic E-state index is 11.1. The Morgan fingerprint density at radius 2 is 1.77 bits per heavy atom. The Hall–Kier alpha value is -0.710. The second-order valence-corrected chi connectivity index (χ2v) is 4.09.